The van der Waals surface area contributed by atoms with Crippen molar-refractivity contribution in [3.63, 3.8) is 0 Å². The Morgan fingerprint density at radius 3 is 2.02 bits per heavy atom. The zero-order valence-electron chi connectivity index (χ0n) is 35.7. The van der Waals surface area contributed by atoms with Crippen LogP contribution in [0.1, 0.15) is 123 Å². The van der Waals surface area contributed by atoms with Gasteiger partial charge >= 0.3 is 11.9 Å². The molecule has 0 aromatic heterocycles. The second-order valence-electron chi connectivity index (χ2n) is 15.3. The third-order valence-electron chi connectivity index (χ3n) is 9.79. The minimum absolute atomic E-state index is 0.0216. The molecule has 1 aliphatic rings. The average Bonchev–Trinajstić information content (AvgIpc) is 3.22. The molecule has 1 rings (SSSR count). The quantitative estimate of drug-likeness (QED) is 0.0307. The second kappa shape index (κ2) is 34.7. The Balaban J connectivity index is 3.35. The van der Waals surface area contributed by atoms with E-state index in [1.165, 1.54) is 12.2 Å². The first kappa shape index (κ1) is 55.2. The van der Waals surface area contributed by atoms with Gasteiger partial charge in [0.1, 0.15) is 30.5 Å². The lowest BCUT2D eigenvalue weighted by molar-refractivity contribution is -0.307. The topological polar surface area (TPSA) is 253 Å². The molecule has 0 bridgehead atoms. The highest BCUT2D eigenvalue weighted by molar-refractivity contribution is 5.66. The first-order valence-corrected chi connectivity index (χ1v) is 21.8. The molecule has 1 fully saturated rings. The van der Waals surface area contributed by atoms with Crippen LogP contribution in [0.3, 0.4) is 0 Å². The lowest BCUT2D eigenvalue weighted by atomic mass is 9.99. The van der Waals surface area contributed by atoms with Crippen molar-refractivity contribution in [1.82, 2.24) is 0 Å². The van der Waals surface area contributed by atoms with Crippen molar-refractivity contribution in [2.75, 3.05) is 19.8 Å². The first-order valence-electron chi connectivity index (χ1n) is 21.8. The van der Waals surface area contributed by atoms with Gasteiger partial charge in [0.2, 0.25) is 0 Å². The Kier molecular flexibility index (Phi) is 32.0. The normalized spacial score (nSPS) is 23.2. The summed E-state index contributed by atoms with van der Waals surface area (Å²) >= 11 is 0. The highest BCUT2D eigenvalue weighted by Gasteiger charge is 2.44. The van der Waals surface area contributed by atoms with Crippen LogP contribution in [0.5, 0.6) is 0 Å². The van der Waals surface area contributed by atoms with Crippen molar-refractivity contribution < 1.29 is 74.5 Å². The maximum atomic E-state index is 11.3. The fraction of sp³-hybridized carbons (Fsp3) is 0.733. The minimum Gasteiger partial charge on any atom is -0.481 e. The molecule has 0 spiro atoms. The molecule has 0 saturated carbocycles. The average molecular weight is 857 g/mol. The molecule has 0 aromatic rings. The van der Waals surface area contributed by atoms with Crippen LogP contribution in [0, 0.1) is 0 Å². The highest BCUT2D eigenvalue weighted by atomic mass is 16.7. The van der Waals surface area contributed by atoms with Gasteiger partial charge in [-0.15, -0.1) is 0 Å². The summed E-state index contributed by atoms with van der Waals surface area (Å²) in [7, 11) is 0. The molecule has 11 atom stereocenters. The summed E-state index contributed by atoms with van der Waals surface area (Å²) in [6, 6.07) is 0. The summed E-state index contributed by atoms with van der Waals surface area (Å²) in [6.45, 7) is 2.99. The molecule has 9 N–H and O–H groups in total. The van der Waals surface area contributed by atoms with Gasteiger partial charge in [-0.1, -0.05) is 93.9 Å². The van der Waals surface area contributed by atoms with E-state index in [1.807, 2.05) is 30.4 Å². The number of carboxylic acid groups (broad SMARTS) is 2. The van der Waals surface area contributed by atoms with Crippen LogP contribution >= 0.6 is 0 Å². The second-order valence-corrected chi connectivity index (χ2v) is 15.3. The SMILES string of the molecule is CCC/C=C\CC(OC(/C=C/C(C/C=C\CCCC(=O)O)OC[C@H]1O[C@@H](OCC(O)CO)[C@H](O)[C@@H](O)[C@H]1O)CC/C=C\CCCCC)C(O)/C=C/C(O)CCCCC(=O)O. The third kappa shape index (κ3) is 26.5. The Morgan fingerprint density at radius 1 is 0.667 bits per heavy atom. The van der Waals surface area contributed by atoms with E-state index in [-0.39, 0.29) is 19.4 Å². The maximum Gasteiger partial charge on any atom is 0.303 e. The van der Waals surface area contributed by atoms with Gasteiger partial charge in [-0.3, -0.25) is 9.59 Å². The summed E-state index contributed by atoms with van der Waals surface area (Å²) < 4.78 is 23.9. The molecular formula is C45H76O15. The molecule has 0 radical (unpaired) electrons. The molecule has 6 unspecified atom stereocenters. The molecule has 15 nitrogen and oxygen atoms in total. The number of carbonyl (C=O) groups is 2. The maximum absolute atomic E-state index is 11.3. The van der Waals surface area contributed by atoms with Gasteiger partial charge in [0.05, 0.1) is 50.3 Å². The Labute approximate surface area is 356 Å². The van der Waals surface area contributed by atoms with Crippen molar-refractivity contribution in [1.29, 1.82) is 0 Å². The number of aliphatic hydroxyl groups excluding tert-OH is 7. The number of unbranched alkanes of at least 4 members (excludes halogenated alkanes) is 6. The number of aliphatic hydroxyl groups is 7. The van der Waals surface area contributed by atoms with Gasteiger partial charge in [-0.2, -0.15) is 0 Å². The van der Waals surface area contributed by atoms with Crippen LogP contribution in [-0.4, -0.2) is 145 Å². The van der Waals surface area contributed by atoms with Gasteiger partial charge in [0.25, 0.3) is 0 Å². The van der Waals surface area contributed by atoms with Crippen molar-refractivity contribution in [3.8, 4) is 0 Å². The van der Waals surface area contributed by atoms with Crippen LogP contribution in [0.15, 0.2) is 60.8 Å². The first-order chi connectivity index (χ1) is 28.8. The summed E-state index contributed by atoms with van der Waals surface area (Å²) in [5, 5.41) is 90.3. The number of rotatable bonds is 36. The van der Waals surface area contributed by atoms with Crippen LogP contribution < -0.4 is 0 Å². The fourth-order valence-corrected chi connectivity index (χ4v) is 6.16. The van der Waals surface area contributed by atoms with Gasteiger partial charge in [-0.25, -0.2) is 0 Å². The van der Waals surface area contributed by atoms with Crippen LogP contribution in [0.2, 0.25) is 0 Å². The van der Waals surface area contributed by atoms with Gasteiger partial charge in [0, 0.05) is 12.8 Å². The molecule has 0 aromatic carbocycles. The van der Waals surface area contributed by atoms with Crippen molar-refractivity contribution >= 4 is 11.9 Å². The standard InChI is InChI=1S/C45H76O15/c1-3-5-7-9-10-11-15-22-36(59-38(23-16-8-6-4-2)37(49)29-26-33(47)20-18-19-25-41(52)53)28-27-35(21-14-12-13-17-24-40(50)51)57-32-39-42(54)43(55)44(56)45(60-39)58-31-34(48)30-46/h8,10-12,14,16,26-29,33-39,42-49,54-56H,3-7,9,13,15,17-25,30-32H2,1-2H3,(H,50,51)(H,52,53)/b11-10-,14-12-,16-8-,28-27+,29-26+/t33?,34?,35?,36?,37?,38?,39-,42+,43+,44-,45-/m1/s1. The summed E-state index contributed by atoms with van der Waals surface area (Å²) in [4.78, 5) is 21.8. The van der Waals surface area contributed by atoms with Crippen LogP contribution in [0.25, 0.3) is 0 Å². The molecule has 60 heavy (non-hydrogen) atoms. The van der Waals surface area contributed by atoms with E-state index < -0.39 is 92.5 Å². The van der Waals surface area contributed by atoms with Crippen LogP contribution in [0.4, 0.5) is 0 Å². The van der Waals surface area contributed by atoms with Crippen molar-refractivity contribution in [3.05, 3.63) is 60.8 Å². The van der Waals surface area contributed by atoms with Crippen LogP contribution in [-0.2, 0) is 28.5 Å². The summed E-state index contributed by atoms with van der Waals surface area (Å²) in [5.74, 6) is -1.77. The summed E-state index contributed by atoms with van der Waals surface area (Å²) in [5.41, 5.74) is 0. The number of hydrogen-bond donors (Lipinski definition) is 9. The fourth-order valence-electron chi connectivity index (χ4n) is 6.16. The summed E-state index contributed by atoms with van der Waals surface area (Å²) in [6.07, 6.45) is 16.7. The molecule has 1 aliphatic heterocycles. The van der Waals surface area contributed by atoms with Gasteiger partial charge < -0.3 is 64.9 Å². The minimum atomic E-state index is -1.65. The molecule has 1 heterocycles. The molecule has 0 amide bonds. The zero-order chi connectivity index (χ0) is 44.5. The molecule has 15 heteroatoms. The number of ether oxygens (including phenoxy) is 4. The molecule has 1 saturated heterocycles. The number of hydrogen-bond acceptors (Lipinski definition) is 13. The lowest BCUT2D eigenvalue weighted by Crippen LogP contribution is -2.59. The van der Waals surface area contributed by atoms with E-state index in [0.717, 1.165) is 38.5 Å². The van der Waals surface area contributed by atoms with Gasteiger partial charge in [-0.05, 0) is 77.0 Å². The van der Waals surface area contributed by atoms with Crippen molar-refractivity contribution in [2.24, 2.45) is 0 Å². The zero-order valence-corrected chi connectivity index (χ0v) is 35.7. The monoisotopic (exact) mass is 857 g/mol. The van der Waals surface area contributed by atoms with E-state index in [2.05, 4.69) is 26.0 Å². The van der Waals surface area contributed by atoms with E-state index in [0.29, 0.717) is 57.8 Å². The predicted octanol–water partition coefficient (Wildman–Crippen LogP) is 4.65. The van der Waals surface area contributed by atoms with Gasteiger partial charge in [0.15, 0.2) is 6.29 Å². The Morgan fingerprint density at radius 2 is 1.32 bits per heavy atom. The van der Waals surface area contributed by atoms with E-state index in [1.54, 1.807) is 6.08 Å². The number of aliphatic carboxylic acids is 2. The number of carboxylic acids is 2. The molecule has 346 valence electrons. The third-order valence-corrected chi connectivity index (χ3v) is 9.79. The largest absolute Gasteiger partial charge is 0.481 e. The molecule has 0 aliphatic carbocycles. The highest BCUT2D eigenvalue weighted by Crippen LogP contribution is 2.24. The Bertz CT molecular complexity index is 1250. The Hall–Kier alpha value is -2.80. The number of allylic oxidation sites excluding steroid dienone is 4. The van der Waals surface area contributed by atoms with E-state index in [4.69, 9.17) is 34.3 Å². The predicted molar refractivity (Wildman–Crippen MR) is 227 cm³/mol. The smallest absolute Gasteiger partial charge is 0.303 e. The van der Waals surface area contributed by atoms with E-state index in [9.17, 15) is 40.2 Å². The lowest BCUT2D eigenvalue weighted by Gasteiger charge is -2.40. The van der Waals surface area contributed by atoms with Crippen molar-refractivity contribution in [2.45, 2.75) is 190 Å². The molecular weight excluding hydrogens is 780 g/mol. The van der Waals surface area contributed by atoms with E-state index >= 15 is 0 Å².